The third-order valence-electron chi connectivity index (χ3n) is 4.00. The van der Waals surface area contributed by atoms with Crippen LogP contribution in [-0.2, 0) is 9.53 Å². The Hall–Kier alpha value is -0.720. The fourth-order valence-corrected chi connectivity index (χ4v) is 3.13. The summed E-state index contributed by atoms with van der Waals surface area (Å²) in [6.07, 6.45) is 0.888. The molecule has 1 unspecified atom stereocenters. The first kappa shape index (κ1) is 20.3. The van der Waals surface area contributed by atoms with Gasteiger partial charge in [-0.2, -0.15) is 0 Å². The van der Waals surface area contributed by atoms with Gasteiger partial charge in [-0.1, -0.05) is 17.7 Å². The van der Waals surface area contributed by atoms with Crippen LogP contribution in [0.3, 0.4) is 0 Å². The van der Waals surface area contributed by atoms with Gasteiger partial charge in [-0.25, -0.2) is 0 Å². The lowest BCUT2D eigenvalue weighted by molar-refractivity contribution is -0.119. The van der Waals surface area contributed by atoms with E-state index in [0.29, 0.717) is 18.2 Å². The molecule has 2 fully saturated rings. The molecule has 0 radical (unpaired) electrons. The number of para-hydroxylation sites is 1. The largest absolute Gasteiger partial charge is 0.378 e. The molecule has 0 saturated carbocycles. The molecule has 23 heavy (non-hydrogen) atoms. The molecule has 1 aromatic carbocycles. The Kier molecular flexibility index (Phi) is 8.44. The Morgan fingerprint density at radius 1 is 1.30 bits per heavy atom. The second kappa shape index (κ2) is 9.55. The summed E-state index contributed by atoms with van der Waals surface area (Å²) in [5, 5.41) is 6.93. The number of ether oxygens (including phenoxy) is 1. The topological polar surface area (TPSA) is 53.6 Å². The van der Waals surface area contributed by atoms with Crippen LogP contribution in [0.25, 0.3) is 0 Å². The average Bonchev–Trinajstić information content (AvgIpc) is 3.02. The molecule has 0 bridgehead atoms. The standard InChI is InChI=1S/C15H20ClN3O2.2ClH/c16-12-2-1-3-13(14(12)19-6-8-21-9-7-19)18-15(20)11-4-5-17-10-11;;/h1-3,11,17H,4-10H2,(H,18,20);2*1H. The molecule has 2 N–H and O–H groups in total. The van der Waals surface area contributed by atoms with Gasteiger partial charge in [0, 0.05) is 19.6 Å². The lowest BCUT2D eigenvalue weighted by Gasteiger charge is -2.31. The van der Waals surface area contributed by atoms with Gasteiger partial charge in [-0.3, -0.25) is 4.79 Å². The zero-order chi connectivity index (χ0) is 14.7. The van der Waals surface area contributed by atoms with Gasteiger partial charge in [0.2, 0.25) is 5.91 Å². The highest BCUT2D eigenvalue weighted by Gasteiger charge is 2.24. The number of morpholine rings is 1. The number of hydrogen-bond donors (Lipinski definition) is 2. The van der Waals surface area contributed by atoms with Crippen LogP contribution >= 0.6 is 36.4 Å². The summed E-state index contributed by atoms with van der Waals surface area (Å²) in [6, 6.07) is 5.64. The van der Waals surface area contributed by atoms with Crippen molar-refractivity contribution < 1.29 is 9.53 Å². The Bertz CT molecular complexity index is 519. The Morgan fingerprint density at radius 3 is 2.70 bits per heavy atom. The first-order chi connectivity index (χ1) is 10.3. The molecule has 0 aromatic heterocycles. The van der Waals surface area contributed by atoms with Gasteiger partial charge < -0.3 is 20.3 Å². The van der Waals surface area contributed by atoms with Gasteiger partial charge in [0.1, 0.15) is 0 Å². The number of nitrogens with one attached hydrogen (secondary N) is 2. The summed E-state index contributed by atoms with van der Waals surface area (Å²) in [6.45, 7) is 4.61. The lowest BCUT2D eigenvalue weighted by Crippen LogP contribution is -2.37. The summed E-state index contributed by atoms with van der Waals surface area (Å²) in [5.74, 6) is 0.110. The minimum atomic E-state index is 0. The van der Waals surface area contributed by atoms with Crippen molar-refractivity contribution in [1.82, 2.24) is 5.32 Å². The highest BCUT2D eigenvalue weighted by Crippen LogP contribution is 2.34. The molecule has 8 heteroatoms. The Balaban J connectivity index is 0.00000132. The van der Waals surface area contributed by atoms with E-state index in [1.807, 2.05) is 18.2 Å². The van der Waals surface area contributed by atoms with E-state index in [4.69, 9.17) is 16.3 Å². The first-order valence-corrected chi connectivity index (χ1v) is 7.76. The van der Waals surface area contributed by atoms with E-state index in [2.05, 4.69) is 15.5 Å². The highest BCUT2D eigenvalue weighted by molar-refractivity contribution is 6.34. The summed E-state index contributed by atoms with van der Waals surface area (Å²) in [4.78, 5) is 14.5. The monoisotopic (exact) mass is 381 g/mol. The SMILES string of the molecule is Cl.Cl.O=C(Nc1cccc(Cl)c1N1CCOCC1)C1CCNC1. The van der Waals surface area contributed by atoms with Crippen molar-refractivity contribution in [3.05, 3.63) is 23.2 Å². The van der Waals surface area contributed by atoms with E-state index in [0.717, 1.165) is 44.0 Å². The summed E-state index contributed by atoms with van der Waals surface area (Å²) in [5.41, 5.74) is 1.70. The molecule has 1 aromatic rings. The maximum atomic E-state index is 12.3. The third-order valence-corrected chi connectivity index (χ3v) is 4.31. The van der Waals surface area contributed by atoms with Crippen LogP contribution in [0.1, 0.15) is 6.42 Å². The van der Waals surface area contributed by atoms with Gasteiger partial charge in [0.25, 0.3) is 0 Å². The zero-order valence-electron chi connectivity index (χ0n) is 12.7. The van der Waals surface area contributed by atoms with Crippen LogP contribution in [0, 0.1) is 5.92 Å². The number of halogens is 3. The number of carbonyl (C=O) groups excluding carboxylic acids is 1. The van der Waals surface area contributed by atoms with Crippen molar-refractivity contribution in [3.63, 3.8) is 0 Å². The maximum Gasteiger partial charge on any atom is 0.228 e. The molecule has 2 aliphatic heterocycles. The van der Waals surface area contributed by atoms with E-state index >= 15 is 0 Å². The van der Waals surface area contributed by atoms with E-state index in [1.54, 1.807) is 0 Å². The van der Waals surface area contributed by atoms with Crippen molar-refractivity contribution in [3.8, 4) is 0 Å². The van der Waals surface area contributed by atoms with Crippen LogP contribution < -0.4 is 15.5 Å². The fraction of sp³-hybridized carbons (Fsp3) is 0.533. The number of hydrogen-bond acceptors (Lipinski definition) is 4. The average molecular weight is 383 g/mol. The fourth-order valence-electron chi connectivity index (χ4n) is 2.84. The van der Waals surface area contributed by atoms with Gasteiger partial charge in [0.15, 0.2) is 0 Å². The summed E-state index contributed by atoms with van der Waals surface area (Å²) >= 11 is 6.36. The van der Waals surface area contributed by atoms with Crippen LogP contribution in [0.4, 0.5) is 11.4 Å². The van der Waals surface area contributed by atoms with Gasteiger partial charge in [-0.15, -0.1) is 24.8 Å². The predicted molar refractivity (Wildman–Crippen MR) is 98.6 cm³/mol. The third kappa shape index (κ3) is 4.88. The minimum Gasteiger partial charge on any atom is -0.378 e. The first-order valence-electron chi connectivity index (χ1n) is 7.38. The predicted octanol–water partition coefficient (Wildman–Crippen LogP) is 2.57. The molecular weight excluding hydrogens is 361 g/mol. The molecule has 0 aliphatic carbocycles. The number of carbonyl (C=O) groups is 1. The van der Waals surface area contributed by atoms with Crippen LogP contribution in [-0.4, -0.2) is 45.3 Å². The molecule has 5 nitrogen and oxygen atoms in total. The van der Waals surface area contributed by atoms with E-state index in [9.17, 15) is 4.79 Å². The maximum absolute atomic E-state index is 12.3. The number of rotatable bonds is 3. The lowest BCUT2D eigenvalue weighted by atomic mass is 10.1. The van der Waals surface area contributed by atoms with Crippen LogP contribution in [0.5, 0.6) is 0 Å². The van der Waals surface area contributed by atoms with Crippen LogP contribution in [0.2, 0.25) is 5.02 Å². The molecule has 3 rings (SSSR count). The van der Waals surface area contributed by atoms with Crippen molar-refractivity contribution in [2.24, 2.45) is 5.92 Å². The van der Waals surface area contributed by atoms with Gasteiger partial charge in [0.05, 0.1) is 35.5 Å². The molecule has 130 valence electrons. The van der Waals surface area contributed by atoms with Crippen molar-refractivity contribution in [2.75, 3.05) is 49.6 Å². The quantitative estimate of drug-likeness (QED) is 0.843. The molecule has 2 heterocycles. The Labute approximate surface area is 153 Å². The van der Waals surface area contributed by atoms with Crippen LogP contribution in [0.15, 0.2) is 18.2 Å². The molecular formula is C15H22Cl3N3O2. The van der Waals surface area contributed by atoms with Crippen molar-refractivity contribution >= 4 is 53.7 Å². The van der Waals surface area contributed by atoms with E-state index in [-0.39, 0.29) is 36.6 Å². The summed E-state index contributed by atoms with van der Waals surface area (Å²) in [7, 11) is 0. The highest BCUT2D eigenvalue weighted by atomic mass is 35.5. The normalized spacial score (nSPS) is 20.4. The summed E-state index contributed by atoms with van der Waals surface area (Å²) < 4.78 is 5.38. The molecule has 2 aliphatic rings. The number of amides is 1. The zero-order valence-corrected chi connectivity index (χ0v) is 15.1. The number of anilines is 2. The van der Waals surface area contributed by atoms with Gasteiger partial charge in [-0.05, 0) is 25.1 Å². The molecule has 1 atom stereocenters. The molecule has 2 saturated heterocycles. The number of nitrogens with zero attached hydrogens (tertiary/aromatic N) is 1. The van der Waals surface area contributed by atoms with Gasteiger partial charge >= 0.3 is 0 Å². The van der Waals surface area contributed by atoms with E-state index < -0.39 is 0 Å². The second-order valence-corrected chi connectivity index (χ2v) is 5.82. The Morgan fingerprint density at radius 2 is 2.04 bits per heavy atom. The van der Waals surface area contributed by atoms with E-state index in [1.165, 1.54) is 0 Å². The smallest absolute Gasteiger partial charge is 0.228 e. The van der Waals surface area contributed by atoms with Crippen molar-refractivity contribution in [2.45, 2.75) is 6.42 Å². The minimum absolute atomic E-state index is 0. The molecule has 0 spiro atoms. The number of benzene rings is 1. The molecule has 1 amide bonds. The van der Waals surface area contributed by atoms with Crippen molar-refractivity contribution in [1.29, 1.82) is 0 Å². The second-order valence-electron chi connectivity index (χ2n) is 5.41.